The Morgan fingerprint density at radius 3 is 2.68 bits per heavy atom. The summed E-state index contributed by atoms with van der Waals surface area (Å²) in [5.74, 6) is 0.911. The Labute approximate surface area is 119 Å². The molecule has 0 saturated carbocycles. The molecule has 2 rings (SSSR count). The van der Waals surface area contributed by atoms with E-state index in [1.165, 1.54) is 20.9 Å². The highest BCUT2D eigenvalue weighted by molar-refractivity contribution is 7.12. The van der Waals surface area contributed by atoms with Gasteiger partial charge in [-0.1, -0.05) is 12.1 Å². The molecule has 1 aromatic heterocycles. The fourth-order valence-corrected chi connectivity index (χ4v) is 3.10. The summed E-state index contributed by atoms with van der Waals surface area (Å²) in [5, 5.41) is 3.57. The Kier molecular flexibility index (Phi) is 4.61. The Hall–Kier alpha value is -1.32. The molecule has 0 unspecified atom stereocenters. The second-order valence-corrected chi connectivity index (χ2v) is 6.28. The first-order valence-corrected chi connectivity index (χ1v) is 7.35. The van der Waals surface area contributed by atoms with Crippen molar-refractivity contribution < 1.29 is 4.74 Å². The van der Waals surface area contributed by atoms with E-state index in [-0.39, 0.29) is 0 Å². The molecule has 19 heavy (non-hydrogen) atoms. The third-order valence-corrected chi connectivity index (χ3v) is 4.34. The summed E-state index contributed by atoms with van der Waals surface area (Å²) in [6, 6.07) is 10.8. The molecule has 0 amide bonds. The van der Waals surface area contributed by atoms with Gasteiger partial charge in [-0.3, -0.25) is 0 Å². The number of methoxy groups -OCH3 is 1. The minimum absolute atomic E-state index is 0.315. The van der Waals surface area contributed by atoms with Crippen LogP contribution in [-0.2, 0) is 6.54 Å². The van der Waals surface area contributed by atoms with Gasteiger partial charge >= 0.3 is 0 Å². The lowest BCUT2D eigenvalue weighted by Crippen LogP contribution is -2.18. The SMILES string of the molecule is COc1cccc([C@H](C)NCc2cc(C)sc2C)c1. The molecule has 0 aliphatic heterocycles. The van der Waals surface area contributed by atoms with Crippen LogP contribution >= 0.6 is 11.3 Å². The second kappa shape index (κ2) is 6.22. The zero-order chi connectivity index (χ0) is 13.8. The van der Waals surface area contributed by atoms with Gasteiger partial charge in [0.15, 0.2) is 0 Å². The molecule has 3 heteroatoms. The monoisotopic (exact) mass is 275 g/mol. The van der Waals surface area contributed by atoms with Crippen LogP contribution in [0.2, 0.25) is 0 Å². The van der Waals surface area contributed by atoms with Gasteiger partial charge in [0.1, 0.15) is 5.75 Å². The van der Waals surface area contributed by atoms with E-state index in [1.807, 2.05) is 23.5 Å². The smallest absolute Gasteiger partial charge is 0.119 e. The molecule has 0 radical (unpaired) electrons. The van der Waals surface area contributed by atoms with Crippen LogP contribution < -0.4 is 10.1 Å². The topological polar surface area (TPSA) is 21.3 Å². The first kappa shape index (κ1) is 14.1. The van der Waals surface area contributed by atoms with E-state index in [4.69, 9.17) is 4.74 Å². The van der Waals surface area contributed by atoms with Crippen molar-refractivity contribution in [1.82, 2.24) is 5.32 Å². The van der Waals surface area contributed by atoms with Gasteiger partial charge in [0, 0.05) is 22.3 Å². The summed E-state index contributed by atoms with van der Waals surface area (Å²) >= 11 is 1.86. The van der Waals surface area contributed by atoms with E-state index < -0.39 is 0 Å². The number of thiophene rings is 1. The van der Waals surface area contributed by atoms with Crippen LogP contribution in [0.1, 0.15) is 33.8 Å². The van der Waals surface area contributed by atoms with Gasteiger partial charge in [0.2, 0.25) is 0 Å². The third-order valence-electron chi connectivity index (χ3n) is 3.34. The molecular weight excluding hydrogens is 254 g/mol. The largest absolute Gasteiger partial charge is 0.497 e. The standard InChI is InChI=1S/C16H21NOS/c1-11-8-15(13(3)19-11)10-17-12(2)14-6-5-7-16(9-14)18-4/h5-9,12,17H,10H2,1-4H3/t12-/m0/s1. The summed E-state index contributed by atoms with van der Waals surface area (Å²) < 4.78 is 5.26. The molecule has 0 aliphatic rings. The lowest BCUT2D eigenvalue weighted by Gasteiger charge is -2.15. The average Bonchev–Trinajstić information content (AvgIpc) is 2.74. The van der Waals surface area contributed by atoms with Crippen molar-refractivity contribution in [3.8, 4) is 5.75 Å². The van der Waals surface area contributed by atoms with Crippen LogP contribution in [0.15, 0.2) is 30.3 Å². The second-order valence-electron chi connectivity index (χ2n) is 4.82. The minimum Gasteiger partial charge on any atom is -0.497 e. The molecule has 0 bridgehead atoms. The summed E-state index contributed by atoms with van der Waals surface area (Å²) in [4.78, 5) is 2.78. The lowest BCUT2D eigenvalue weighted by atomic mass is 10.1. The normalized spacial score (nSPS) is 12.4. The van der Waals surface area contributed by atoms with Crippen LogP contribution in [0, 0.1) is 13.8 Å². The van der Waals surface area contributed by atoms with Gasteiger partial charge in [0.25, 0.3) is 0 Å². The van der Waals surface area contributed by atoms with Gasteiger partial charge in [-0.25, -0.2) is 0 Å². The van der Waals surface area contributed by atoms with Gasteiger partial charge in [0.05, 0.1) is 7.11 Å². The maximum atomic E-state index is 5.26. The third kappa shape index (κ3) is 3.58. The molecule has 0 fully saturated rings. The van der Waals surface area contributed by atoms with Crippen molar-refractivity contribution in [2.75, 3.05) is 7.11 Å². The molecule has 102 valence electrons. The van der Waals surface area contributed by atoms with E-state index in [9.17, 15) is 0 Å². The predicted octanol–water partition coefficient (Wildman–Crippen LogP) is 4.22. The Morgan fingerprint density at radius 2 is 2.05 bits per heavy atom. The van der Waals surface area contributed by atoms with Crippen LogP contribution in [-0.4, -0.2) is 7.11 Å². The number of hydrogen-bond acceptors (Lipinski definition) is 3. The van der Waals surface area contributed by atoms with Crippen molar-refractivity contribution in [1.29, 1.82) is 0 Å². The molecule has 2 nitrogen and oxygen atoms in total. The summed E-state index contributed by atoms with van der Waals surface area (Å²) in [7, 11) is 1.70. The highest BCUT2D eigenvalue weighted by Crippen LogP contribution is 2.22. The number of aryl methyl sites for hydroxylation is 2. The number of nitrogens with one attached hydrogen (secondary N) is 1. The van der Waals surface area contributed by atoms with Crippen LogP contribution in [0.5, 0.6) is 5.75 Å². The summed E-state index contributed by atoms with van der Waals surface area (Å²) in [5.41, 5.74) is 2.65. The first-order valence-electron chi connectivity index (χ1n) is 6.53. The molecule has 0 spiro atoms. The highest BCUT2D eigenvalue weighted by Gasteiger charge is 2.08. The van der Waals surface area contributed by atoms with Crippen LogP contribution in [0.3, 0.4) is 0 Å². The maximum Gasteiger partial charge on any atom is 0.119 e. The van der Waals surface area contributed by atoms with E-state index in [1.54, 1.807) is 7.11 Å². The van der Waals surface area contributed by atoms with Crippen molar-refractivity contribution >= 4 is 11.3 Å². The van der Waals surface area contributed by atoms with Crippen molar-refractivity contribution in [2.24, 2.45) is 0 Å². The maximum absolute atomic E-state index is 5.26. The summed E-state index contributed by atoms with van der Waals surface area (Å²) in [6.45, 7) is 7.44. The zero-order valence-electron chi connectivity index (χ0n) is 12.0. The quantitative estimate of drug-likeness (QED) is 0.882. The molecule has 1 aromatic carbocycles. The number of hydrogen-bond donors (Lipinski definition) is 1. The fraction of sp³-hybridized carbons (Fsp3) is 0.375. The highest BCUT2D eigenvalue weighted by atomic mass is 32.1. The molecule has 0 saturated heterocycles. The van der Waals surface area contributed by atoms with Gasteiger partial charge in [-0.05, 0) is 50.1 Å². The van der Waals surface area contributed by atoms with Crippen LogP contribution in [0.4, 0.5) is 0 Å². The van der Waals surface area contributed by atoms with E-state index in [2.05, 4.69) is 44.3 Å². The van der Waals surface area contributed by atoms with Crippen LogP contribution in [0.25, 0.3) is 0 Å². The predicted molar refractivity (Wildman–Crippen MR) is 82.0 cm³/mol. The van der Waals surface area contributed by atoms with Gasteiger partial charge < -0.3 is 10.1 Å². The number of rotatable bonds is 5. The molecule has 1 heterocycles. The molecular formula is C16H21NOS. The summed E-state index contributed by atoms with van der Waals surface area (Å²) in [6.07, 6.45) is 0. The Bertz CT molecular complexity index is 547. The average molecular weight is 275 g/mol. The van der Waals surface area contributed by atoms with Crippen molar-refractivity contribution in [3.05, 3.63) is 51.2 Å². The van der Waals surface area contributed by atoms with E-state index in [0.29, 0.717) is 6.04 Å². The van der Waals surface area contributed by atoms with Gasteiger partial charge in [-0.15, -0.1) is 11.3 Å². The van der Waals surface area contributed by atoms with Crippen molar-refractivity contribution in [2.45, 2.75) is 33.4 Å². The van der Waals surface area contributed by atoms with Gasteiger partial charge in [-0.2, -0.15) is 0 Å². The molecule has 1 atom stereocenters. The van der Waals surface area contributed by atoms with Crippen molar-refractivity contribution in [3.63, 3.8) is 0 Å². The lowest BCUT2D eigenvalue weighted by molar-refractivity contribution is 0.413. The molecule has 2 aromatic rings. The Balaban J connectivity index is 2.00. The number of ether oxygens (including phenoxy) is 1. The fourth-order valence-electron chi connectivity index (χ4n) is 2.15. The minimum atomic E-state index is 0.315. The first-order chi connectivity index (χ1) is 9.10. The van der Waals surface area contributed by atoms with E-state index in [0.717, 1.165) is 12.3 Å². The zero-order valence-corrected chi connectivity index (χ0v) is 12.8. The Morgan fingerprint density at radius 1 is 1.26 bits per heavy atom. The molecule has 0 aliphatic carbocycles. The number of benzene rings is 1. The molecule has 1 N–H and O–H groups in total. The van der Waals surface area contributed by atoms with E-state index >= 15 is 0 Å².